The van der Waals surface area contributed by atoms with Crippen molar-refractivity contribution in [1.82, 2.24) is 0 Å². The zero-order valence-corrected chi connectivity index (χ0v) is 39.6. The van der Waals surface area contributed by atoms with Crippen LogP contribution in [0.15, 0.2) is 72.8 Å². The highest BCUT2D eigenvalue weighted by Crippen LogP contribution is 2.21. The first kappa shape index (κ1) is 50.7. The van der Waals surface area contributed by atoms with Gasteiger partial charge in [-0.25, -0.2) is 0 Å². The molecular formula is C48H78O2S4. The van der Waals surface area contributed by atoms with Crippen LogP contribution in [-0.4, -0.2) is 47.7 Å². The fraction of sp³-hybridized carbons (Fsp3) is 0.625. The third-order valence-corrected chi connectivity index (χ3v) is 13.1. The molecule has 0 fully saturated rings. The molecule has 0 spiro atoms. The molecule has 0 radical (unpaired) electrons. The molecule has 0 heterocycles. The normalized spacial score (nSPS) is 11.3. The van der Waals surface area contributed by atoms with E-state index in [4.69, 9.17) is 9.47 Å². The molecule has 0 amide bonds. The predicted octanol–water partition coefficient (Wildman–Crippen LogP) is 14.8. The van der Waals surface area contributed by atoms with Crippen LogP contribution in [0.5, 0.6) is 11.5 Å². The second kappa shape index (κ2) is 31.7. The molecule has 0 aliphatic heterocycles. The van der Waals surface area contributed by atoms with Gasteiger partial charge < -0.3 is 9.47 Å². The number of rotatable bonds is 24. The smallest absolute Gasteiger partial charge is 0.119 e. The predicted molar refractivity (Wildman–Crippen MR) is 254 cm³/mol. The van der Waals surface area contributed by atoms with Crippen molar-refractivity contribution in [1.29, 1.82) is 0 Å². The number of hydrogen-bond acceptors (Lipinski definition) is 6. The van der Waals surface area contributed by atoms with Gasteiger partial charge in [0.2, 0.25) is 0 Å². The summed E-state index contributed by atoms with van der Waals surface area (Å²) in [5.41, 5.74) is 5.74. The van der Waals surface area contributed by atoms with E-state index < -0.39 is 0 Å². The molecule has 0 saturated heterocycles. The topological polar surface area (TPSA) is 18.5 Å². The van der Waals surface area contributed by atoms with Gasteiger partial charge in [-0.2, -0.15) is 47.0 Å². The van der Waals surface area contributed by atoms with Crippen LogP contribution in [0.25, 0.3) is 0 Å². The molecule has 54 heavy (non-hydrogen) atoms. The van der Waals surface area contributed by atoms with E-state index in [0.29, 0.717) is 11.8 Å². The van der Waals surface area contributed by atoms with Crippen LogP contribution >= 0.6 is 47.0 Å². The van der Waals surface area contributed by atoms with E-state index in [1.54, 1.807) is 0 Å². The highest BCUT2D eigenvalue weighted by molar-refractivity contribution is 7.99. The van der Waals surface area contributed by atoms with Crippen LogP contribution in [0.2, 0.25) is 0 Å². The van der Waals surface area contributed by atoms with Gasteiger partial charge in [-0.15, -0.1) is 0 Å². The Balaban J connectivity index is 0.000000405. The summed E-state index contributed by atoms with van der Waals surface area (Å²) in [6.07, 6.45) is 2.29. The third kappa shape index (κ3) is 29.9. The molecule has 0 aromatic heterocycles. The number of ether oxygens (including phenoxy) is 2. The number of hydrogen-bond donors (Lipinski definition) is 0. The molecule has 3 aromatic rings. The van der Waals surface area contributed by atoms with Crippen molar-refractivity contribution in [2.45, 2.75) is 107 Å². The molecule has 3 aromatic carbocycles. The number of thioether (sulfide) groups is 4. The summed E-state index contributed by atoms with van der Waals surface area (Å²) < 4.78 is 11.5. The van der Waals surface area contributed by atoms with Crippen molar-refractivity contribution in [2.24, 2.45) is 35.5 Å². The van der Waals surface area contributed by atoms with E-state index in [1.165, 1.54) is 45.3 Å². The van der Waals surface area contributed by atoms with Gasteiger partial charge in [0.1, 0.15) is 11.5 Å². The lowest BCUT2D eigenvalue weighted by molar-refractivity contribution is 0.343. The molecule has 0 unspecified atom stereocenters. The molecule has 0 aliphatic carbocycles. The van der Waals surface area contributed by atoms with E-state index in [0.717, 1.165) is 84.2 Å². The largest absolute Gasteiger partial charge is 0.493 e. The zero-order valence-electron chi connectivity index (χ0n) is 36.3. The molecule has 0 saturated carbocycles. The summed E-state index contributed by atoms with van der Waals surface area (Å²) in [7, 11) is 0. The highest BCUT2D eigenvalue weighted by atomic mass is 32.2. The van der Waals surface area contributed by atoms with Gasteiger partial charge >= 0.3 is 0 Å². The number of benzene rings is 3. The van der Waals surface area contributed by atoms with Gasteiger partial charge in [0.05, 0.1) is 13.2 Å². The average Bonchev–Trinajstić information content (AvgIpc) is 3.09. The molecule has 0 bridgehead atoms. The Morgan fingerprint density at radius 3 is 1.04 bits per heavy atom. The van der Waals surface area contributed by atoms with Crippen molar-refractivity contribution in [3.8, 4) is 11.5 Å². The van der Waals surface area contributed by atoms with Crippen molar-refractivity contribution >= 4 is 47.0 Å². The highest BCUT2D eigenvalue weighted by Gasteiger charge is 2.03. The molecular weight excluding hydrogens is 737 g/mol. The molecule has 306 valence electrons. The monoisotopic (exact) mass is 814 g/mol. The molecule has 0 atom stereocenters. The van der Waals surface area contributed by atoms with Gasteiger partial charge in [-0.1, -0.05) is 132 Å². The maximum absolute atomic E-state index is 5.73. The third-order valence-electron chi connectivity index (χ3n) is 7.46. The van der Waals surface area contributed by atoms with Crippen LogP contribution in [0.4, 0.5) is 0 Å². The van der Waals surface area contributed by atoms with Crippen molar-refractivity contribution in [3.63, 3.8) is 0 Å². The van der Waals surface area contributed by atoms with Gasteiger partial charge in [-0.3, -0.25) is 0 Å². The summed E-state index contributed by atoms with van der Waals surface area (Å²) >= 11 is 8.02. The Morgan fingerprint density at radius 2 is 0.722 bits per heavy atom. The molecule has 2 nitrogen and oxygen atoms in total. The second-order valence-electron chi connectivity index (χ2n) is 16.8. The first-order valence-electron chi connectivity index (χ1n) is 20.6. The molecule has 0 N–H and O–H groups in total. The molecule has 0 aliphatic rings. The maximum atomic E-state index is 5.73. The van der Waals surface area contributed by atoms with Gasteiger partial charge in [0, 0.05) is 23.0 Å². The van der Waals surface area contributed by atoms with Gasteiger partial charge in [-0.05, 0) is 118 Å². The maximum Gasteiger partial charge on any atom is 0.119 e. The minimum Gasteiger partial charge on any atom is -0.493 e. The average molecular weight is 815 g/mol. The SMILES string of the molecule is CC(C)CSCCOc1ccc(CC(C)C)cc1.CC(C)CSCCOc1ccc(CC(C)C)cc1.CC(C)CSCc1cccc(CSCC(C)C)c1. The Bertz CT molecular complexity index is 1190. The van der Waals surface area contributed by atoms with Crippen LogP contribution in [0.1, 0.15) is 105 Å². The van der Waals surface area contributed by atoms with Crippen molar-refractivity contribution in [3.05, 3.63) is 95.1 Å². The van der Waals surface area contributed by atoms with Crippen molar-refractivity contribution in [2.75, 3.05) is 47.7 Å². The van der Waals surface area contributed by atoms with E-state index in [2.05, 4.69) is 156 Å². The van der Waals surface area contributed by atoms with Crippen LogP contribution in [-0.2, 0) is 24.3 Å². The lowest BCUT2D eigenvalue weighted by Crippen LogP contribution is -2.02. The van der Waals surface area contributed by atoms with Crippen LogP contribution < -0.4 is 9.47 Å². The van der Waals surface area contributed by atoms with E-state index >= 15 is 0 Å². The standard InChI is InChI=1S/2C16H26OS.C16H26S2/c2*1-13(2)11-15-5-7-16(8-6-15)17-9-10-18-12-14(3)4;1-13(2)9-17-11-15-6-5-7-16(8-15)12-18-10-14(3)4/h3*5-8,13-14H,9-12H2,1-4H3. The van der Waals surface area contributed by atoms with E-state index in [-0.39, 0.29) is 0 Å². The van der Waals surface area contributed by atoms with Gasteiger partial charge in [0.25, 0.3) is 0 Å². The van der Waals surface area contributed by atoms with E-state index in [1.807, 2.05) is 47.0 Å². The Labute approximate surface area is 351 Å². The summed E-state index contributed by atoms with van der Waals surface area (Å²) in [4.78, 5) is 0. The first-order valence-corrected chi connectivity index (χ1v) is 25.2. The summed E-state index contributed by atoms with van der Waals surface area (Å²) in [5, 5.41) is 0. The fourth-order valence-corrected chi connectivity index (χ4v) is 8.78. The minimum atomic E-state index is 0.712. The Morgan fingerprint density at radius 1 is 0.389 bits per heavy atom. The lowest BCUT2D eigenvalue weighted by Gasteiger charge is -2.09. The van der Waals surface area contributed by atoms with Gasteiger partial charge in [0.15, 0.2) is 0 Å². The fourth-order valence-electron chi connectivity index (χ4n) is 5.10. The zero-order chi connectivity index (χ0) is 40.1. The first-order chi connectivity index (χ1) is 25.7. The summed E-state index contributed by atoms with van der Waals surface area (Å²) in [6.45, 7) is 28.7. The summed E-state index contributed by atoms with van der Waals surface area (Å²) in [5.74, 6) is 15.9. The quantitative estimate of drug-likeness (QED) is 0.0833. The Kier molecular flexibility index (Phi) is 29.8. The van der Waals surface area contributed by atoms with Crippen molar-refractivity contribution < 1.29 is 9.47 Å². The second-order valence-corrected chi connectivity index (χ2v) is 21.1. The van der Waals surface area contributed by atoms with E-state index in [9.17, 15) is 0 Å². The minimum absolute atomic E-state index is 0.712. The Hall–Kier alpha value is -1.34. The lowest BCUT2D eigenvalue weighted by atomic mass is 10.0. The van der Waals surface area contributed by atoms with Crippen LogP contribution in [0, 0.1) is 35.5 Å². The molecule has 6 heteroatoms. The van der Waals surface area contributed by atoms with Crippen LogP contribution in [0.3, 0.4) is 0 Å². The summed E-state index contributed by atoms with van der Waals surface area (Å²) in [6, 6.07) is 26.1. The molecule has 3 rings (SSSR count).